The zero-order valence-electron chi connectivity index (χ0n) is 22.8. The van der Waals surface area contributed by atoms with E-state index in [0.29, 0.717) is 0 Å². The van der Waals surface area contributed by atoms with E-state index in [-0.39, 0.29) is 65.0 Å². The molecule has 2 unspecified atom stereocenters. The number of methoxy groups -OCH3 is 1. The monoisotopic (exact) mass is 569 g/mol. The van der Waals surface area contributed by atoms with Crippen molar-refractivity contribution in [1.29, 1.82) is 0 Å². The van der Waals surface area contributed by atoms with Crippen LogP contribution in [0, 0.1) is 16.0 Å². The number of nitro groups is 1. The Morgan fingerprint density at radius 3 is 2.49 bits per heavy atom. The standard InChI is InChI=1S/C29H31NO11/c1-4-29(30(37)38)10-13(2)40-20(11-29)41-19-9-14(17(32)12-31)8-16-22(19)28(36)24-23(26(16)34)25(33)15-6-5-7-18(39-3)21(15)27(24)35/h5-7,13-14,19-20,31,34,36H,4,8-12H2,1-3H3/t13?,14-,19+,20+,29?/m1/s1. The molecule has 3 aliphatic rings. The Kier molecular flexibility index (Phi) is 7.35. The maximum Gasteiger partial charge on any atom is 0.229 e. The maximum atomic E-state index is 13.7. The minimum absolute atomic E-state index is 0.00670. The summed E-state index contributed by atoms with van der Waals surface area (Å²) < 4.78 is 17.4. The fourth-order valence-corrected chi connectivity index (χ4v) is 6.49. The Bertz CT molecular complexity index is 1470. The molecule has 1 heterocycles. The first-order valence-corrected chi connectivity index (χ1v) is 13.4. The summed E-state index contributed by atoms with van der Waals surface area (Å²) in [4.78, 5) is 51.6. The molecule has 2 aromatic rings. The van der Waals surface area contributed by atoms with Crippen LogP contribution in [-0.4, -0.2) is 69.2 Å². The maximum absolute atomic E-state index is 13.7. The van der Waals surface area contributed by atoms with Gasteiger partial charge in [-0.3, -0.25) is 24.5 Å². The molecule has 1 saturated heterocycles. The first kappa shape index (κ1) is 28.7. The van der Waals surface area contributed by atoms with E-state index in [1.165, 1.54) is 25.3 Å². The van der Waals surface area contributed by atoms with Crippen LogP contribution in [-0.2, 0) is 20.7 Å². The molecule has 1 aliphatic heterocycles. The number of Topliss-reactive ketones (excluding diaryl/α,β-unsaturated/α-hetero) is 1. The highest BCUT2D eigenvalue weighted by Crippen LogP contribution is 2.52. The molecule has 41 heavy (non-hydrogen) atoms. The number of phenolic OH excluding ortho intramolecular Hbond substituents is 2. The molecular weight excluding hydrogens is 538 g/mol. The number of hydrogen-bond acceptors (Lipinski definition) is 11. The number of carbonyl (C=O) groups is 3. The molecule has 5 rings (SSSR count). The van der Waals surface area contributed by atoms with Gasteiger partial charge in [0.15, 0.2) is 17.9 Å². The van der Waals surface area contributed by atoms with Gasteiger partial charge >= 0.3 is 0 Å². The van der Waals surface area contributed by atoms with E-state index in [4.69, 9.17) is 14.2 Å². The van der Waals surface area contributed by atoms with E-state index in [2.05, 4.69) is 0 Å². The smallest absolute Gasteiger partial charge is 0.229 e. The van der Waals surface area contributed by atoms with Crippen molar-refractivity contribution in [3.05, 3.63) is 61.7 Å². The number of fused-ring (bicyclic) bond motifs is 3. The lowest BCUT2D eigenvalue weighted by molar-refractivity contribution is -0.586. The van der Waals surface area contributed by atoms with Gasteiger partial charge in [-0.2, -0.15) is 0 Å². The zero-order chi connectivity index (χ0) is 29.8. The summed E-state index contributed by atoms with van der Waals surface area (Å²) in [5.41, 5.74) is -2.19. The predicted molar refractivity (Wildman–Crippen MR) is 141 cm³/mol. The first-order chi connectivity index (χ1) is 19.5. The SMILES string of the molecule is CCC1([N+](=O)[O-])CC(C)O[C@@H](O[C@H]2C[C@H](C(=O)CO)Cc3c(O)c4c(c(O)c32)C(=O)c2c(OC)cccc2C4=O)C1. The molecule has 0 amide bonds. The van der Waals surface area contributed by atoms with Crippen LogP contribution >= 0.6 is 0 Å². The molecule has 2 aliphatic carbocycles. The van der Waals surface area contributed by atoms with E-state index >= 15 is 0 Å². The minimum Gasteiger partial charge on any atom is -0.507 e. The van der Waals surface area contributed by atoms with Crippen molar-refractivity contribution in [3.8, 4) is 17.2 Å². The zero-order valence-corrected chi connectivity index (χ0v) is 22.8. The van der Waals surface area contributed by atoms with Crippen molar-refractivity contribution in [1.82, 2.24) is 0 Å². The number of aromatic hydroxyl groups is 2. The number of aliphatic hydroxyl groups is 1. The topological polar surface area (TPSA) is 183 Å². The molecule has 12 heteroatoms. The van der Waals surface area contributed by atoms with Gasteiger partial charge in [-0.25, -0.2) is 0 Å². The number of nitrogens with zero attached hydrogens (tertiary/aromatic N) is 1. The second-order valence-corrected chi connectivity index (χ2v) is 10.9. The van der Waals surface area contributed by atoms with Gasteiger partial charge in [-0.05, 0) is 25.8 Å². The molecule has 12 nitrogen and oxygen atoms in total. The highest BCUT2D eigenvalue weighted by molar-refractivity contribution is 6.31. The highest BCUT2D eigenvalue weighted by atomic mass is 16.7. The van der Waals surface area contributed by atoms with E-state index in [9.17, 15) is 39.8 Å². The van der Waals surface area contributed by atoms with Gasteiger partial charge in [0.05, 0.1) is 42.4 Å². The third-order valence-electron chi connectivity index (χ3n) is 8.60. The Balaban J connectivity index is 1.65. The fourth-order valence-electron chi connectivity index (χ4n) is 6.49. The number of rotatable bonds is 7. The van der Waals surface area contributed by atoms with E-state index < -0.39 is 76.5 Å². The first-order valence-electron chi connectivity index (χ1n) is 13.4. The van der Waals surface area contributed by atoms with Crippen LogP contribution in [0.2, 0.25) is 0 Å². The van der Waals surface area contributed by atoms with Crippen LogP contribution in [0.25, 0.3) is 0 Å². The van der Waals surface area contributed by atoms with Gasteiger partial charge < -0.3 is 29.5 Å². The Hall–Kier alpha value is -3.87. The number of ketones is 3. The quantitative estimate of drug-likeness (QED) is 0.216. The van der Waals surface area contributed by atoms with Gasteiger partial charge in [0.25, 0.3) is 0 Å². The Morgan fingerprint density at radius 2 is 1.85 bits per heavy atom. The molecule has 5 atom stereocenters. The summed E-state index contributed by atoms with van der Waals surface area (Å²) in [6.07, 6.45) is -2.72. The van der Waals surface area contributed by atoms with Gasteiger partial charge in [0, 0.05) is 40.4 Å². The van der Waals surface area contributed by atoms with Crippen molar-refractivity contribution >= 4 is 17.3 Å². The van der Waals surface area contributed by atoms with E-state index in [0.717, 1.165) is 0 Å². The van der Waals surface area contributed by atoms with Crippen molar-refractivity contribution in [2.75, 3.05) is 13.7 Å². The second-order valence-electron chi connectivity index (χ2n) is 10.9. The van der Waals surface area contributed by atoms with Crippen LogP contribution in [0.15, 0.2) is 18.2 Å². The van der Waals surface area contributed by atoms with Crippen molar-refractivity contribution in [3.63, 3.8) is 0 Å². The molecule has 0 aromatic heterocycles. The average Bonchev–Trinajstić information content (AvgIpc) is 2.95. The average molecular weight is 570 g/mol. The van der Waals surface area contributed by atoms with Crippen LogP contribution in [0.5, 0.6) is 17.2 Å². The largest absolute Gasteiger partial charge is 0.507 e. The van der Waals surface area contributed by atoms with Crippen LogP contribution < -0.4 is 4.74 Å². The molecule has 218 valence electrons. The van der Waals surface area contributed by atoms with Crippen LogP contribution in [0.3, 0.4) is 0 Å². The number of phenols is 2. The van der Waals surface area contributed by atoms with Crippen LogP contribution in [0.1, 0.15) is 88.6 Å². The Morgan fingerprint density at radius 1 is 1.15 bits per heavy atom. The summed E-state index contributed by atoms with van der Waals surface area (Å²) in [7, 11) is 1.34. The predicted octanol–water partition coefficient (Wildman–Crippen LogP) is 3.01. The van der Waals surface area contributed by atoms with Gasteiger partial charge in [0.1, 0.15) is 23.9 Å². The summed E-state index contributed by atoms with van der Waals surface area (Å²) in [5.74, 6) is -3.92. The lowest BCUT2D eigenvalue weighted by Gasteiger charge is -2.40. The molecular formula is C29H31NO11. The summed E-state index contributed by atoms with van der Waals surface area (Å²) >= 11 is 0. The third-order valence-corrected chi connectivity index (χ3v) is 8.60. The third kappa shape index (κ3) is 4.46. The number of carbonyl (C=O) groups excluding carboxylic acids is 3. The number of aliphatic hydroxyl groups excluding tert-OH is 1. The number of benzene rings is 2. The molecule has 0 bridgehead atoms. The Labute approximate surface area is 235 Å². The lowest BCUT2D eigenvalue weighted by atomic mass is 9.73. The number of ether oxygens (including phenoxy) is 3. The molecule has 1 fully saturated rings. The molecule has 0 spiro atoms. The minimum atomic E-state index is -1.32. The van der Waals surface area contributed by atoms with Crippen LogP contribution in [0.4, 0.5) is 0 Å². The highest BCUT2D eigenvalue weighted by Gasteiger charge is 2.51. The summed E-state index contributed by atoms with van der Waals surface area (Å²) in [5, 5.41) is 44.6. The fraction of sp³-hybridized carbons (Fsp3) is 0.483. The van der Waals surface area contributed by atoms with Gasteiger partial charge in [0.2, 0.25) is 11.3 Å². The van der Waals surface area contributed by atoms with Crippen molar-refractivity contribution in [2.24, 2.45) is 5.92 Å². The van der Waals surface area contributed by atoms with E-state index in [1.54, 1.807) is 13.8 Å². The van der Waals surface area contributed by atoms with Gasteiger partial charge in [-0.15, -0.1) is 0 Å². The van der Waals surface area contributed by atoms with Crippen molar-refractivity contribution in [2.45, 2.75) is 70.0 Å². The lowest BCUT2D eigenvalue weighted by Crippen LogP contribution is -2.50. The second kappa shape index (κ2) is 10.5. The summed E-state index contributed by atoms with van der Waals surface area (Å²) in [6.45, 7) is 2.60. The van der Waals surface area contributed by atoms with Crippen molar-refractivity contribution < 1.29 is 48.8 Å². The van der Waals surface area contributed by atoms with Gasteiger partial charge in [-0.1, -0.05) is 19.1 Å². The molecule has 0 radical (unpaired) electrons. The normalized spacial score (nSPS) is 27.0. The molecule has 0 saturated carbocycles. The van der Waals surface area contributed by atoms with E-state index in [1.807, 2.05) is 0 Å². The number of hydrogen-bond donors (Lipinski definition) is 3. The molecule has 2 aromatic carbocycles. The summed E-state index contributed by atoms with van der Waals surface area (Å²) in [6, 6.07) is 4.44. The molecule has 3 N–H and O–H groups in total.